The van der Waals surface area contributed by atoms with Crippen molar-refractivity contribution in [3.05, 3.63) is 53.3 Å². The molecule has 0 saturated carbocycles. The Balaban J connectivity index is 1.33. The fourth-order valence-corrected chi connectivity index (χ4v) is 4.12. The number of H-pyrrole nitrogens is 1. The van der Waals surface area contributed by atoms with Crippen LogP contribution in [0.4, 0.5) is 0 Å². The van der Waals surface area contributed by atoms with Gasteiger partial charge in [-0.2, -0.15) is 5.10 Å². The molecular formula is C21H26N4O2. The summed E-state index contributed by atoms with van der Waals surface area (Å²) < 4.78 is 0. The number of hydrogen-bond donors (Lipinski definition) is 2. The van der Waals surface area contributed by atoms with Crippen LogP contribution in [-0.2, 0) is 16.0 Å². The maximum Gasteiger partial charge on any atom is 0.235 e. The molecule has 4 rings (SSSR count). The Bertz CT molecular complexity index is 794. The largest absolute Gasteiger partial charge is 0.355 e. The fraction of sp³-hybridized carbons (Fsp3) is 0.476. The van der Waals surface area contributed by atoms with E-state index in [0.29, 0.717) is 32.0 Å². The van der Waals surface area contributed by atoms with Gasteiger partial charge in [0.15, 0.2) is 0 Å². The van der Waals surface area contributed by atoms with E-state index in [1.807, 2.05) is 23.1 Å². The zero-order valence-corrected chi connectivity index (χ0v) is 15.5. The molecule has 2 aromatic rings. The number of hydrogen-bond acceptors (Lipinski definition) is 3. The van der Waals surface area contributed by atoms with E-state index in [-0.39, 0.29) is 11.8 Å². The van der Waals surface area contributed by atoms with Gasteiger partial charge in [-0.05, 0) is 37.3 Å². The molecule has 2 saturated heterocycles. The fourth-order valence-electron chi connectivity index (χ4n) is 4.12. The summed E-state index contributed by atoms with van der Waals surface area (Å²) in [4.78, 5) is 26.5. The second-order valence-electron chi connectivity index (χ2n) is 7.57. The van der Waals surface area contributed by atoms with Gasteiger partial charge in [0.05, 0.1) is 5.69 Å². The molecule has 27 heavy (non-hydrogen) atoms. The molecule has 2 aliphatic rings. The molecule has 1 atom stereocenters. The molecule has 0 spiro atoms. The number of amides is 2. The van der Waals surface area contributed by atoms with E-state index >= 15 is 0 Å². The van der Waals surface area contributed by atoms with Crippen LogP contribution in [0, 0.1) is 5.92 Å². The zero-order valence-electron chi connectivity index (χ0n) is 15.5. The van der Waals surface area contributed by atoms with Crippen molar-refractivity contribution in [2.24, 2.45) is 5.92 Å². The number of carbonyl (C=O) groups is 2. The molecule has 2 amide bonds. The molecule has 0 unspecified atom stereocenters. The van der Waals surface area contributed by atoms with Crippen LogP contribution in [0.25, 0.3) is 0 Å². The summed E-state index contributed by atoms with van der Waals surface area (Å²) in [5.41, 5.74) is 3.47. The Morgan fingerprint density at radius 2 is 1.93 bits per heavy atom. The summed E-state index contributed by atoms with van der Waals surface area (Å²) in [6.45, 7) is 2.09. The highest BCUT2D eigenvalue weighted by Gasteiger charge is 2.34. The number of nitrogens with zero attached hydrogens (tertiary/aromatic N) is 2. The van der Waals surface area contributed by atoms with E-state index in [4.69, 9.17) is 0 Å². The molecule has 3 heterocycles. The second kappa shape index (κ2) is 7.94. The van der Waals surface area contributed by atoms with Gasteiger partial charge >= 0.3 is 0 Å². The third kappa shape index (κ3) is 4.04. The van der Waals surface area contributed by atoms with E-state index in [9.17, 15) is 9.59 Å². The molecule has 6 heteroatoms. The van der Waals surface area contributed by atoms with Crippen LogP contribution in [0.3, 0.4) is 0 Å². The smallest absolute Gasteiger partial charge is 0.235 e. The molecule has 0 bridgehead atoms. The number of carbonyl (C=O) groups excluding carboxylic acids is 2. The minimum Gasteiger partial charge on any atom is -0.355 e. The van der Waals surface area contributed by atoms with Crippen LogP contribution >= 0.6 is 0 Å². The van der Waals surface area contributed by atoms with Crippen molar-refractivity contribution in [1.82, 2.24) is 20.4 Å². The van der Waals surface area contributed by atoms with Gasteiger partial charge in [0.1, 0.15) is 5.92 Å². The van der Waals surface area contributed by atoms with Crippen molar-refractivity contribution in [2.45, 2.75) is 38.0 Å². The number of likely N-dealkylation sites (tertiary alicyclic amines) is 1. The van der Waals surface area contributed by atoms with Gasteiger partial charge in [-0.1, -0.05) is 30.3 Å². The van der Waals surface area contributed by atoms with Crippen molar-refractivity contribution in [1.29, 1.82) is 0 Å². The minimum absolute atomic E-state index is 0.00237. The van der Waals surface area contributed by atoms with E-state index in [1.54, 1.807) is 0 Å². The Hall–Kier alpha value is -2.63. The zero-order chi connectivity index (χ0) is 18.6. The van der Waals surface area contributed by atoms with Crippen LogP contribution in [0.15, 0.2) is 36.4 Å². The lowest BCUT2D eigenvalue weighted by molar-refractivity contribution is -0.144. The number of aromatic amines is 1. The first kappa shape index (κ1) is 17.8. The van der Waals surface area contributed by atoms with E-state index in [1.165, 1.54) is 5.56 Å². The Labute approximate surface area is 159 Å². The average molecular weight is 366 g/mol. The number of piperidine rings is 2. The van der Waals surface area contributed by atoms with Crippen LogP contribution < -0.4 is 5.32 Å². The molecular weight excluding hydrogens is 340 g/mol. The lowest BCUT2D eigenvalue weighted by atomic mass is 9.91. The molecule has 1 aromatic heterocycles. The van der Waals surface area contributed by atoms with Gasteiger partial charge in [0.25, 0.3) is 0 Å². The van der Waals surface area contributed by atoms with E-state index in [2.05, 4.69) is 33.7 Å². The lowest BCUT2D eigenvalue weighted by Crippen LogP contribution is -2.48. The SMILES string of the molecule is O=C1NCCC[C@H]1C(=O)N1CCC(c2cc(Cc3ccccc3)[nH]n2)CC1. The summed E-state index contributed by atoms with van der Waals surface area (Å²) in [6.07, 6.45) is 4.20. The Kier molecular flexibility index (Phi) is 5.23. The minimum atomic E-state index is -0.488. The molecule has 142 valence electrons. The summed E-state index contributed by atoms with van der Waals surface area (Å²) in [7, 11) is 0. The number of rotatable bonds is 4. The van der Waals surface area contributed by atoms with Crippen LogP contribution in [0.5, 0.6) is 0 Å². The number of nitrogens with one attached hydrogen (secondary N) is 2. The molecule has 2 N–H and O–H groups in total. The lowest BCUT2D eigenvalue weighted by Gasteiger charge is -2.34. The predicted molar refractivity (Wildman–Crippen MR) is 102 cm³/mol. The Morgan fingerprint density at radius 3 is 2.67 bits per heavy atom. The topological polar surface area (TPSA) is 78.1 Å². The van der Waals surface area contributed by atoms with Gasteiger partial charge in [0, 0.05) is 37.7 Å². The highest BCUT2D eigenvalue weighted by molar-refractivity contribution is 6.00. The van der Waals surface area contributed by atoms with Gasteiger partial charge in [0.2, 0.25) is 11.8 Å². The highest BCUT2D eigenvalue weighted by Crippen LogP contribution is 2.29. The number of aromatic nitrogens is 2. The van der Waals surface area contributed by atoms with Gasteiger partial charge in [-0.25, -0.2) is 0 Å². The summed E-state index contributed by atoms with van der Waals surface area (Å²) in [5.74, 6) is -0.225. The van der Waals surface area contributed by atoms with Gasteiger partial charge in [-0.3, -0.25) is 14.7 Å². The summed E-state index contributed by atoms with van der Waals surface area (Å²) >= 11 is 0. The summed E-state index contributed by atoms with van der Waals surface area (Å²) in [6, 6.07) is 12.5. The quantitative estimate of drug-likeness (QED) is 0.815. The number of benzene rings is 1. The summed E-state index contributed by atoms with van der Waals surface area (Å²) in [5, 5.41) is 10.5. The molecule has 1 aromatic carbocycles. The van der Waals surface area contributed by atoms with Crippen LogP contribution in [0.2, 0.25) is 0 Å². The second-order valence-corrected chi connectivity index (χ2v) is 7.57. The third-order valence-electron chi connectivity index (χ3n) is 5.70. The molecule has 2 fully saturated rings. The first-order valence-electron chi connectivity index (χ1n) is 9.85. The third-order valence-corrected chi connectivity index (χ3v) is 5.70. The van der Waals surface area contributed by atoms with Gasteiger partial charge < -0.3 is 10.2 Å². The Morgan fingerprint density at radius 1 is 1.15 bits per heavy atom. The van der Waals surface area contributed by atoms with E-state index < -0.39 is 5.92 Å². The maximum absolute atomic E-state index is 12.7. The first-order valence-corrected chi connectivity index (χ1v) is 9.85. The standard InChI is InChI=1S/C21H26N4O2/c26-20-18(7-4-10-22-20)21(27)25-11-8-16(9-12-25)19-14-17(23-24-19)13-15-5-2-1-3-6-15/h1-3,5-6,14,16,18H,4,7-13H2,(H,22,26)(H,23,24)/t18-/m1/s1. The first-order chi connectivity index (χ1) is 13.2. The van der Waals surface area contributed by atoms with Crippen molar-refractivity contribution in [2.75, 3.05) is 19.6 Å². The van der Waals surface area contributed by atoms with Crippen molar-refractivity contribution in [3.63, 3.8) is 0 Å². The molecule has 6 nitrogen and oxygen atoms in total. The molecule has 0 radical (unpaired) electrons. The van der Waals surface area contributed by atoms with Crippen molar-refractivity contribution < 1.29 is 9.59 Å². The molecule has 2 aliphatic heterocycles. The highest BCUT2D eigenvalue weighted by atomic mass is 16.2. The van der Waals surface area contributed by atoms with Crippen molar-refractivity contribution >= 4 is 11.8 Å². The van der Waals surface area contributed by atoms with E-state index in [0.717, 1.165) is 37.1 Å². The van der Waals surface area contributed by atoms with Crippen LogP contribution in [0.1, 0.15) is 48.6 Å². The predicted octanol–water partition coefficient (Wildman–Crippen LogP) is 2.23. The van der Waals surface area contributed by atoms with Crippen LogP contribution in [-0.4, -0.2) is 46.5 Å². The normalized spacial score (nSPS) is 21.1. The maximum atomic E-state index is 12.7. The monoisotopic (exact) mass is 366 g/mol. The average Bonchev–Trinajstić information content (AvgIpc) is 3.17. The van der Waals surface area contributed by atoms with Gasteiger partial charge in [-0.15, -0.1) is 0 Å². The van der Waals surface area contributed by atoms with Crippen molar-refractivity contribution in [3.8, 4) is 0 Å². The molecule has 0 aliphatic carbocycles.